The number of carboxylic acids is 1. The number of carboxylic acid groups (broad SMARTS) is 1. The quantitative estimate of drug-likeness (QED) is 0.360. The number of nitrogens with zero attached hydrogens (tertiary/aromatic N) is 1. The molecule has 8 nitrogen and oxygen atoms in total. The lowest BCUT2D eigenvalue weighted by Crippen LogP contribution is -2.45. The number of rotatable bonds is 12. The van der Waals surface area contributed by atoms with Crippen molar-refractivity contribution < 1.29 is 27.9 Å². The fourth-order valence-electron chi connectivity index (χ4n) is 4.25. The van der Waals surface area contributed by atoms with Gasteiger partial charge in [-0.15, -0.1) is 0 Å². The third-order valence-corrected chi connectivity index (χ3v) is 7.34. The summed E-state index contributed by atoms with van der Waals surface area (Å²) >= 11 is 0. The molecule has 1 aliphatic heterocycles. The number of hydrogen-bond acceptors (Lipinski definition) is 5. The second kappa shape index (κ2) is 12.2. The van der Waals surface area contributed by atoms with E-state index >= 15 is 0 Å². The van der Waals surface area contributed by atoms with Crippen molar-refractivity contribution in [1.29, 1.82) is 0 Å². The molecule has 2 rings (SSSR count). The number of carbonyl (C=O) groups is 2. The second-order valence-corrected chi connectivity index (χ2v) is 10.6. The van der Waals surface area contributed by atoms with Crippen molar-refractivity contribution in [2.45, 2.75) is 57.3 Å². The van der Waals surface area contributed by atoms with Crippen LogP contribution in [0.4, 0.5) is 0 Å². The molecule has 1 amide bonds. The molecule has 1 aromatic rings. The number of methoxy groups -OCH3 is 1. The van der Waals surface area contributed by atoms with Gasteiger partial charge in [0.05, 0.1) is 12.0 Å². The number of likely N-dealkylation sites (tertiary alicyclic amines) is 1. The minimum Gasteiger partial charge on any atom is -0.497 e. The molecule has 1 aliphatic rings. The molecule has 1 fully saturated rings. The lowest BCUT2D eigenvalue weighted by molar-refractivity contribution is -0.154. The van der Waals surface area contributed by atoms with Crippen LogP contribution in [-0.4, -0.2) is 57.0 Å². The van der Waals surface area contributed by atoms with Crippen LogP contribution in [0.2, 0.25) is 0 Å². The Hall–Kier alpha value is -2.13. The number of nitrogens with one attached hydrogen (secondary N) is 1. The van der Waals surface area contributed by atoms with E-state index in [9.17, 15) is 23.1 Å². The van der Waals surface area contributed by atoms with Crippen LogP contribution in [-0.2, 0) is 19.6 Å². The van der Waals surface area contributed by atoms with Crippen LogP contribution in [0.15, 0.2) is 29.2 Å². The first-order valence-corrected chi connectivity index (χ1v) is 12.8. The molecular weight excluding hydrogens is 432 g/mol. The maximum absolute atomic E-state index is 13.0. The SMILES string of the molecule is COc1ccc(S(=O)(=O)NCCC[C@H](CC(C)C)[C@H](C(=O)O)C(=O)N2CCCCC2)cc1. The highest BCUT2D eigenvalue weighted by molar-refractivity contribution is 7.89. The molecule has 0 unspecified atom stereocenters. The Kier molecular flexibility index (Phi) is 9.96. The number of piperidine rings is 1. The van der Waals surface area contributed by atoms with Crippen LogP contribution in [0.5, 0.6) is 5.75 Å². The number of amides is 1. The van der Waals surface area contributed by atoms with Gasteiger partial charge in [-0.05, 0) is 74.6 Å². The largest absolute Gasteiger partial charge is 0.497 e. The molecule has 0 aromatic heterocycles. The predicted octanol–water partition coefficient (Wildman–Crippen LogP) is 3.13. The van der Waals surface area contributed by atoms with Crippen molar-refractivity contribution in [1.82, 2.24) is 9.62 Å². The molecule has 9 heteroatoms. The Labute approximate surface area is 191 Å². The Morgan fingerprint density at radius 1 is 1.12 bits per heavy atom. The van der Waals surface area contributed by atoms with Crippen molar-refractivity contribution >= 4 is 21.9 Å². The molecule has 0 aliphatic carbocycles. The summed E-state index contributed by atoms with van der Waals surface area (Å²) in [6.07, 6.45) is 4.37. The van der Waals surface area contributed by atoms with Crippen LogP contribution in [0.3, 0.4) is 0 Å². The molecule has 0 spiro atoms. The number of carbonyl (C=O) groups excluding carboxylic acids is 1. The molecule has 0 saturated carbocycles. The Morgan fingerprint density at radius 2 is 1.75 bits per heavy atom. The Morgan fingerprint density at radius 3 is 2.28 bits per heavy atom. The van der Waals surface area contributed by atoms with E-state index in [2.05, 4.69) is 4.72 Å². The molecule has 32 heavy (non-hydrogen) atoms. The summed E-state index contributed by atoms with van der Waals surface area (Å²) in [5.74, 6) is -2.03. The number of benzene rings is 1. The second-order valence-electron chi connectivity index (χ2n) is 8.81. The third kappa shape index (κ3) is 7.48. The van der Waals surface area contributed by atoms with Gasteiger partial charge in [-0.1, -0.05) is 13.8 Å². The standard InChI is InChI=1S/C23H36N2O6S/c1-17(2)16-18(21(23(27)28)22(26)25-14-5-4-6-15-25)8-7-13-24-32(29,30)20-11-9-19(31-3)10-12-20/h9-12,17-18,21,24H,4-8,13-16H2,1-3H3,(H,27,28)/t18-,21+/m1/s1. The van der Waals surface area contributed by atoms with E-state index in [1.54, 1.807) is 17.0 Å². The summed E-state index contributed by atoms with van der Waals surface area (Å²) in [7, 11) is -2.16. The van der Waals surface area contributed by atoms with E-state index in [0.717, 1.165) is 19.3 Å². The fraction of sp³-hybridized carbons (Fsp3) is 0.652. The molecular formula is C23H36N2O6S. The number of hydrogen-bond donors (Lipinski definition) is 2. The third-order valence-electron chi connectivity index (χ3n) is 5.86. The molecule has 180 valence electrons. The van der Waals surface area contributed by atoms with Crippen molar-refractivity contribution in [2.75, 3.05) is 26.7 Å². The Bertz CT molecular complexity index is 848. The topological polar surface area (TPSA) is 113 Å². The van der Waals surface area contributed by atoms with E-state index in [1.165, 1.54) is 19.2 Å². The fourth-order valence-corrected chi connectivity index (χ4v) is 5.33. The molecule has 1 saturated heterocycles. The summed E-state index contributed by atoms with van der Waals surface area (Å²) in [4.78, 5) is 26.9. The van der Waals surface area contributed by atoms with Crippen LogP contribution in [0.1, 0.15) is 52.4 Å². The minimum atomic E-state index is -3.67. The van der Waals surface area contributed by atoms with Gasteiger partial charge >= 0.3 is 5.97 Å². The van der Waals surface area contributed by atoms with Gasteiger partial charge in [0, 0.05) is 19.6 Å². The molecule has 2 N–H and O–H groups in total. The highest BCUT2D eigenvalue weighted by atomic mass is 32.2. The zero-order chi connectivity index (χ0) is 23.7. The van der Waals surface area contributed by atoms with E-state index in [0.29, 0.717) is 38.1 Å². The zero-order valence-electron chi connectivity index (χ0n) is 19.2. The molecule has 1 aromatic carbocycles. The summed E-state index contributed by atoms with van der Waals surface area (Å²) in [5.41, 5.74) is 0. The molecule has 2 atom stereocenters. The monoisotopic (exact) mass is 468 g/mol. The van der Waals surface area contributed by atoms with Gasteiger partial charge < -0.3 is 14.7 Å². The zero-order valence-corrected chi connectivity index (χ0v) is 20.1. The van der Waals surface area contributed by atoms with Gasteiger partial charge in [-0.25, -0.2) is 13.1 Å². The van der Waals surface area contributed by atoms with E-state index in [-0.39, 0.29) is 29.2 Å². The van der Waals surface area contributed by atoms with E-state index in [4.69, 9.17) is 4.74 Å². The smallest absolute Gasteiger partial charge is 0.316 e. The average Bonchev–Trinajstić information content (AvgIpc) is 2.76. The minimum absolute atomic E-state index is 0.140. The highest BCUT2D eigenvalue weighted by Crippen LogP contribution is 2.28. The van der Waals surface area contributed by atoms with Crippen LogP contribution >= 0.6 is 0 Å². The highest BCUT2D eigenvalue weighted by Gasteiger charge is 2.37. The molecule has 1 heterocycles. The van der Waals surface area contributed by atoms with Crippen molar-refractivity contribution in [3.63, 3.8) is 0 Å². The van der Waals surface area contributed by atoms with Crippen LogP contribution in [0.25, 0.3) is 0 Å². The van der Waals surface area contributed by atoms with Gasteiger partial charge in [0.1, 0.15) is 11.7 Å². The number of aliphatic carboxylic acids is 1. The van der Waals surface area contributed by atoms with Crippen LogP contribution < -0.4 is 9.46 Å². The first kappa shape index (κ1) is 26.1. The summed E-state index contributed by atoms with van der Waals surface area (Å²) in [6, 6.07) is 6.11. The molecule has 0 bridgehead atoms. The van der Waals surface area contributed by atoms with Gasteiger partial charge in [-0.2, -0.15) is 0 Å². The number of ether oxygens (including phenoxy) is 1. The van der Waals surface area contributed by atoms with Crippen molar-refractivity contribution in [3.8, 4) is 5.75 Å². The molecule has 0 radical (unpaired) electrons. The van der Waals surface area contributed by atoms with E-state index in [1.807, 2.05) is 13.8 Å². The maximum atomic E-state index is 13.0. The first-order valence-electron chi connectivity index (χ1n) is 11.3. The Balaban J connectivity index is 2.00. The lowest BCUT2D eigenvalue weighted by atomic mass is 9.81. The summed E-state index contributed by atoms with van der Waals surface area (Å²) in [5, 5.41) is 9.87. The summed E-state index contributed by atoms with van der Waals surface area (Å²) in [6.45, 7) is 5.40. The van der Waals surface area contributed by atoms with Crippen molar-refractivity contribution in [3.05, 3.63) is 24.3 Å². The number of sulfonamides is 1. The van der Waals surface area contributed by atoms with Crippen molar-refractivity contribution in [2.24, 2.45) is 17.8 Å². The maximum Gasteiger partial charge on any atom is 0.316 e. The lowest BCUT2D eigenvalue weighted by Gasteiger charge is -2.32. The van der Waals surface area contributed by atoms with Gasteiger partial charge in [0.15, 0.2) is 0 Å². The van der Waals surface area contributed by atoms with Crippen LogP contribution in [0, 0.1) is 17.8 Å². The first-order chi connectivity index (χ1) is 15.2. The summed E-state index contributed by atoms with van der Waals surface area (Å²) < 4.78 is 32.6. The van der Waals surface area contributed by atoms with Gasteiger partial charge in [-0.3, -0.25) is 9.59 Å². The van der Waals surface area contributed by atoms with Gasteiger partial charge in [0.2, 0.25) is 15.9 Å². The predicted molar refractivity (Wildman–Crippen MR) is 122 cm³/mol. The van der Waals surface area contributed by atoms with Gasteiger partial charge in [0.25, 0.3) is 0 Å². The average molecular weight is 469 g/mol. The van der Waals surface area contributed by atoms with E-state index < -0.39 is 21.9 Å². The normalized spacial score (nSPS) is 16.6.